The second-order valence-electron chi connectivity index (χ2n) is 5.55. The Morgan fingerprint density at radius 3 is 2.29 bits per heavy atom. The Morgan fingerprint density at radius 2 is 1.76 bits per heavy atom. The molecule has 3 rings (SSSR count). The van der Waals surface area contributed by atoms with Gasteiger partial charge in [0.25, 0.3) is 0 Å². The average molecular weight is 277 g/mol. The Balaban J connectivity index is 2.30. The molecule has 0 bridgehead atoms. The minimum atomic E-state index is 1.05. The Labute approximate surface area is 125 Å². The van der Waals surface area contributed by atoms with E-state index < -0.39 is 0 Å². The fraction of sp³-hybridized carbons (Fsp3) is 0.222. The van der Waals surface area contributed by atoms with Gasteiger partial charge in [0.2, 0.25) is 0 Å². The molecule has 106 valence electrons. The van der Waals surface area contributed by atoms with Crippen molar-refractivity contribution in [3.8, 4) is 0 Å². The predicted octanol–water partition coefficient (Wildman–Crippen LogP) is 4.21. The number of pyridine rings is 1. The molecule has 1 N–H and O–H groups in total. The molecule has 0 unspecified atom stereocenters. The molecular weight excluding hydrogens is 258 g/mol. The van der Waals surface area contributed by atoms with Crippen molar-refractivity contribution < 1.29 is 0 Å². The molecule has 21 heavy (non-hydrogen) atoms. The van der Waals surface area contributed by atoms with E-state index in [-0.39, 0.29) is 0 Å². The average Bonchev–Trinajstić information content (AvgIpc) is 2.94. The molecule has 2 aromatic rings. The van der Waals surface area contributed by atoms with Crippen LogP contribution in [0.25, 0.3) is 5.57 Å². The summed E-state index contributed by atoms with van der Waals surface area (Å²) in [5.41, 5.74) is 9.11. The largest absolute Gasteiger partial charge is 0.358 e. The standard InChI is InChI=1S/C18H19N3/c1-11-9-13(3)20-17(11)16(15-5-7-19-8-6-15)18-12(2)10-14(4)21-18/h5-10,20H,1-4H3/b18-16-. The zero-order valence-corrected chi connectivity index (χ0v) is 12.9. The van der Waals surface area contributed by atoms with Gasteiger partial charge in [0.15, 0.2) is 0 Å². The van der Waals surface area contributed by atoms with Gasteiger partial charge in [-0.1, -0.05) is 0 Å². The van der Waals surface area contributed by atoms with E-state index in [1.165, 1.54) is 11.1 Å². The number of hydrogen-bond donors (Lipinski definition) is 1. The van der Waals surface area contributed by atoms with Crippen molar-refractivity contribution in [2.24, 2.45) is 4.99 Å². The number of aliphatic imine (C=N–C) groups is 1. The number of nitrogens with zero attached hydrogens (tertiary/aromatic N) is 2. The highest BCUT2D eigenvalue weighted by molar-refractivity contribution is 6.00. The van der Waals surface area contributed by atoms with Gasteiger partial charge in [-0.2, -0.15) is 0 Å². The summed E-state index contributed by atoms with van der Waals surface area (Å²) in [5, 5.41) is 0. The summed E-state index contributed by atoms with van der Waals surface area (Å²) in [5.74, 6) is 0. The van der Waals surface area contributed by atoms with Gasteiger partial charge in [0.05, 0.1) is 11.4 Å². The molecule has 0 amide bonds. The summed E-state index contributed by atoms with van der Waals surface area (Å²) >= 11 is 0. The van der Waals surface area contributed by atoms with Crippen molar-refractivity contribution >= 4 is 11.3 Å². The lowest BCUT2D eigenvalue weighted by molar-refractivity contribution is 1.20. The second-order valence-corrected chi connectivity index (χ2v) is 5.55. The molecule has 3 heteroatoms. The normalized spacial score (nSPS) is 16.8. The van der Waals surface area contributed by atoms with Crippen LogP contribution in [0.3, 0.4) is 0 Å². The summed E-state index contributed by atoms with van der Waals surface area (Å²) < 4.78 is 0. The van der Waals surface area contributed by atoms with E-state index >= 15 is 0 Å². The summed E-state index contributed by atoms with van der Waals surface area (Å²) in [6.45, 7) is 8.36. The van der Waals surface area contributed by atoms with Crippen molar-refractivity contribution in [1.29, 1.82) is 0 Å². The van der Waals surface area contributed by atoms with Crippen LogP contribution in [-0.2, 0) is 0 Å². The van der Waals surface area contributed by atoms with E-state index in [4.69, 9.17) is 4.99 Å². The molecule has 3 heterocycles. The van der Waals surface area contributed by atoms with E-state index in [1.807, 2.05) is 31.5 Å². The number of aryl methyl sites for hydroxylation is 2. The van der Waals surface area contributed by atoms with Crippen molar-refractivity contribution in [3.63, 3.8) is 0 Å². The summed E-state index contributed by atoms with van der Waals surface area (Å²) in [7, 11) is 0. The Kier molecular flexibility index (Phi) is 3.34. The Morgan fingerprint density at radius 1 is 1.05 bits per heavy atom. The molecule has 3 nitrogen and oxygen atoms in total. The highest BCUT2D eigenvalue weighted by Crippen LogP contribution is 2.34. The van der Waals surface area contributed by atoms with Gasteiger partial charge in [0, 0.05) is 29.4 Å². The molecule has 0 aliphatic carbocycles. The third kappa shape index (κ3) is 2.47. The molecule has 2 aromatic heterocycles. The number of aromatic amines is 1. The van der Waals surface area contributed by atoms with Crippen molar-refractivity contribution in [2.45, 2.75) is 27.7 Å². The third-order valence-corrected chi connectivity index (χ3v) is 3.69. The Bertz CT molecular complexity index is 774. The highest BCUT2D eigenvalue weighted by Gasteiger charge is 2.19. The van der Waals surface area contributed by atoms with Crippen molar-refractivity contribution in [1.82, 2.24) is 9.97 Å². The highest BCUT2D eigenvalue weighted by atomic mass is 14.8. The van der Waals surface area contributed by atoms with E-state index in [0.717, 1.165) is 33.9 Å². The van der Waals surface area contributed by atoms with Gasteiger partial charge < -0.3 is 4.98 Å². The van der Waals surface area contributed by atoms with Crippen LogP contribution < -0.4 is 0 Å². The Hall–Kier alpha value is -2.42. The molecule has 1 aliphatic heterocycles. The topological polar surface area (TPSA) is 41.0 Å². The van der Waals surface area contributed by atoms with E-state index in [1.54, 1.807) is 0 Å². The summed E-state index contributed by atoms with van der Waals surface area (Å²) in [6, 6.07) is 6.24. The SMILES string of the molecule is CC1=CC(C)=N/C1=C(/c1ccncc1)c1[nH]c(C)cc1C. The fourth-order valence-electron chi connectivity index (χ4n) is 2.84. The lowest BCUT2D eigenvalue weighted by atomic mass is 9.97. The molecule has 0 radical (unpaired) electrons. The van der Waals surface area contributed by atoms with Crippen LogP contribution in [0.15, 0.2) is 52.9 Å². The zero-order chi connectivity index (χ0) is 15.0. The lowest BCUT2D eigenvalue weighted by Gasteiger charge is -2.11. The molecule has 0 fully saturated rings. The molecule has 0 spiro atoms. The summed E-state index contributed by atoms with van der Waals surface area (Å²) in [6.07, 6.45) is 5.78. The van der Waals surface area contributed by atoms with Gasteiger partial charge in [-0.05, 0) is 68.7 Å². The number of aromatic nitrogens is 2. The maximum absolute atomic E-state index is 4.74. The summed E-state index contributed by atoms with van der Waals surface area (Å²) in [4.78, 5) is 12.3. The van der Waals surface area contributed by atoms with Crippen molar-refractivity contribution in [2.75, 3.05) is 0 Å². The minimum absolute atomic E-state index is 1.05. The first-order chi connectivity index (χ1) is 10.1. The quantitative estimate of drug-likeness (QED) is 0.877. The van der Waals surface area contributed by atoms with Gasteiger partial charge in [-0.25, -0.2) is 0 Å². The van der Waals surface area contributed by atoms with Gasteiger partial charge in [-0.15, -0.1) is 0 Å². The number of allylic oxidation sites excluding steroid dienone is 2. The first-order valence-corrected chi connectivity index (χ1v) is 7.11. The molecule has 1 aliphatic rings. The van der Waals surface area contributed by atoms with E-state index in [9.17, 15) is 0 Å². The van der Waals surface area contributed by atoms with Crippen LogP contribution in [0.2, 0.25) is 0 Å². The smallest absolute Gasteiger partial charge is 0.0762 e. The number of rotatable bonds is 2. The molecule has 0 aromatic carbocycles. The van der Waals surface area contributed by atoms with Crippen LogP contribution in [0, 0.1) is 13.8 Å². The minimum Gasteiger partial charge on any atom is -0.358 e. The number of nitrogens with one attached hydrogen (secondary N) is 1. The maximum Gasteiger partial charge on any atom is 0.0762 e. The molecule has 0 saturated carbocycles. The van der Waals surface area contributed by atoms with Gasteiger partial charge in [0.1, 0.15) is 0 Å². The van der Waals surface area contributed by atoms with Crippen LogP contribution in [0.5, 0.6) is 0 Å². The fourth-order valence-corrected chi connectivity index (χ4v) is 2.84. The molecule has 0 saturated heterocycles. The zero-order valence-electron chi connectivity index (χ0n) is 12.9. The van der Waals surface area contributed by atoms with Gasteiger partial charge in [-0.3, -0.25) is 9.98 Å². The molecular formula is C18H19N3. The van der Waals surface area contributed by atoms with Gasteiger partial charge >= 0.3 is 0 Å². The van der Waals surface area contributed by atoms with Crippen LogP contribution in [0.4, 0.5) is 0 Å². The number of hydrogen-bond acceptors (Lipinski definition) is 2. The maximum atomic E-state index is 4.74. The first kappa shape index (κ1) is 13.6. The molecule has 0 atom stereocenters. The lowest BCUT2D eigenvalue weighted by Crippen LogP contribution is -1.96. The van der Waals surface area contributed by atoms with Crippen LogP contribution >= 0.6 is 0 Å². The van der Waals surface area contributed by atoms with E-state index in [0.29, 0.717) is 0 Å². The number of H-pyrrole nitrogens is 1. The van der Waals surface area contributed by atoms with Crippen LogP contribution in [0.1, 0.15) is 36.4 Å². The van der Waals surface area contributed by atoms with Crippen LogP contribution in [-0.4, -0.2) is 15.7 Å². The third-order valence-electron chi connectivity index (χ3n) is 3.69. The van der Waals surface area contributed by atoms with E-state index in [2.05, 4.69) is 42.9 Å². The predicted molar refractivity (Wildman–Crippen MR) is 87.4 cm³/mol. The monoisotopic (exact) mass is 277 g/mol. The first-order valence-electron chi connectivity index (χ1n) is 7.11. The van der Waals surface area contributed by atoms with Crippen molar-refractivity contribution in [3.05, 3.63) is 70.5 Å². The second kappa shape index (κ2) is 5.17.